The van der Waals surface area contributed by atoms with E-state index in [0.29, 0.717) is 18.9 Å². The summed E-state index contributed by atoms with van der Waals surface area (Å²) in [6.07, 6.45) is 3.98. The SMILES string of the molecule is CN=C(NCCOc1cccc(F)c1)NCCN1CCCCC1. The van der Waals surface area contributed by atoms with Crippen molar-refractivity contribution in [3.8, 4) is 5.75 Å². The fraction of sp³-hybridized carbons (Fsp3) is 0.588. The van der Waals surface area contributed by atoms with E-state index in [1.54, 1.807) is 19.2 Å². The van der Waals surface area contributed by atoms with Crippen LogP contribution >= 0.6 is 0 Å². The van der Waals surface area contributed by atoms with Crippen molar-refractivity contribution in [2.45, 2.75) is 19.3 Å². The molecule has 128 valence electrons. The highest BCUT2D eigenvalue weighted by molar-refractivity contribution is 5.79. The highest BCUT2D eigenvalue weighted by Crippen LogP contribution is 2.11. The number of nitrogens with one attached hydrogen (secondary N) is 2. The predicted octanol–water partition coefficient (Wildman–Crippen LogP) is 1.86. The van der Waals surface area contributed by atoms with Gasteiger partial charge < -0.3 is 20.3 Å². The van der Waals surface area contributed by atoms with Gasteiger partial charge in [0.15, 0.2) is 5.96 Å². The summed E-state index contributed by atoms with van der Waals surface area (Å²) in [5, 5.41) is 6.50. The summed E-state index contributed by atoms with van der Waals surface area (Å²) in [7, 11) is 1.75. The first-order valence-electron chi connectivity index (χ1n) is 8.33. The molecule has 0 saturated carbocycles. The third kappa shape index (κ3) is 6.86. The third-order valence-corrected chi connectivity index (χ3v) is 3.85. The second-order valence-electron chi connectivity index (χ2n) is 5.63. The van der Waals surface area contributed by atoms with Gasteiger partial charge in [-0.2, -0.15) is 0 Å². The smallest absolute Gasteiger partial charge is 0.191 e. The second kappa shape index (κ2) is 10.0. The van der Waals surface area contributed by atoms with E-state index in [1.165, 1.54) is 44.5 Å². The maximum Gasteiger partial charge on any atom is 0.191 e. The van der Waals surface area contributed by atoms with Gasteiger partial charge in [0.25, 0.3) is 0 Å². The van der Waals surface area contributed by atoms with Crippen LogP contribution in [0, 0.1) is 5.82 Å². The van der Waals surface area contributed by atoms with Gasteiger partial charge in [0.2, 0.25) is 0 Å². The van der Waals surface area contributed by atoms with Crippen LogP contribution in [0.5, 0.6) is 5.75 Å². The van der Waals surface area contributed by atoms with Gasteiger partial charge in [-0.1, -0.05) is 12.5 Å². The molecule has 1 aliphatic heterocycles. The van der Waals surface area contributed by atoms with Gasteiger partial charge in [-0.3, -0.25) is 4.99 Å². The molecule has 0 aromatic heterocycles. The Morgan fingerprint density at radius 1 is 1.22 bits per heavy atom. The van der Waals surface area contributed by atoms with E-state index < -0.39 is 0 Å². The molecule has 0 amide bonds. The quantitative estimate of drug-likeness (QED) is 0.457. The molecule has 0 aliphatic carbocycles. The van der Waals surface area contributed by atoms with Gasteiger partial charge in [-0.05, 0) is 38.1 Å². The lowest BCUT2D eigenvalue weighted by Gasteiger charge is -2.26. The number of ether oxygens (including phenoxy) is 1. The lowest BCUT2D eigenvalue weighted by molar-refractivity contribution is 0.232. The number of aliphatic imine (C=N–C) groups is 1. The number of hydrogen-bond donors (Lipinski definition) is 2. The van der Waals surface area contributed by atoms with Crippen LogP contribution in [0.1, 0.15) is 19.3 Å². The van der Waals surface area contributed by atoms with Crippen molar-refractivity contribution in [1.82, 2.24) is 15.5 Å². The minimum atomic E-state index is -0.286. The number of halogens is 1. The molecule has 23 heavy (non-hydrogen) atoms. The van der Waals surface area contributed by atoms with E-state index >= 15 is 0 Å². The van der Waals surface area contributed by atoms with Gasteiger partial charge in [-0.25, -0.2) is 4.39 Å². The molecule has 5 nitrogen and oxygen atoms in total. The lowest BCUT2D eigenvalue weighted by Crippen LogP contribution is -2.43. The lowest BCUT2D eigenvalue weighted by atomic mass is 10.1. The molecular formula is C17H27FN4O. The van der Waals surface area contributed by atoms with Crippen molar-refractivity contribution in [1.29, 1.82) is 0 Å². The summed E-state index contributed by atoms with van der Waals surface area (Å²) < 4.78 is 18.5. The predicted molar refractivity (Wildman–Crippen MR) is 91.6 cm³/mol. The number of piperidine rings is 1. The van der Waals surface area contributed by atoms with Gasteiger partial charge in [0.05, 0.1) is 6.54 Å². The highest BCUT2D eigenvalue weighted by Gasteiger charge is 2.09. The number of guanidine groups is 1. The number of benzene rings is 1. The molecule has 0 bridgehead atoms. The maximum absolute atomic E-state index is 13.0. The van der Waals surface area contributed by atoms with Crippen LogP contribution < -0.4 is 15.4 Å². The Kier molecular flexibility index (Phi) is 7.66. The van der Waals surface area contributed by atoms with E-state index in [9.17, 15) is 4.39 Å². The normalized spacial score (nSPS) is 16.2. The minimum Gasteiger partial charge on any atom is -0.492 e. The Labute approximate surface area is 137 Å². The van der Waals surface area contributed by atoms with Crippen molar-refractivity contribution in [3.05, 3.63) is 30.1 Å². The Balaban J connectivity index is 1.57. The molecule has 0 spiro atoms. The standard InChI is InChI=1S/C17H27FN4O/c1-19-17(20-8-12-22-10-3-2-4-11-22)21-9-13-23-16-7-5-6-15(18)14-16/h5-7,14H,2-4,8-13H2,1H3,(H2,19,20,21). The molecular weight excluding hydrogens is 295 g/mol. The molecule has 0 unspecified atom stereocenters. The van der Waals surface area contributed by atoms with Crippen LogP contribution in [0.25, 0.3) is 0 Å². The van der Waals surface area contributed by atoms with Crippen LogP contribution in [0.3, 0.4) is 0 Å². The number of nitrogens with zero attached hydrogens (tertiary/aromatic N) is 2. The van der Waals surface area contributed by atoms with E-state index in [0.717, 1.165) is 19.0 Å². The summed E-state index contributed by atoms with van der Waals surface area (Å²) in [5.74, 6) is 1.02. The second-order valence-corrected chi connectivity index (χ2v) is 5.63. The average Bonchev–Trinajstić information content (AvgIpc) is 2.58. The zero-order chi connectivity index (χ0) is 16.3. The van der Waals surface area contributed by atoms with Crippen LogP contribution in [0.15, 0.2) is 29.3 Å². The van der Waals surface area contributed by atoms with E-state index in [2.05, 4.69) is 20.5 Å². The zero-order valence-corrected chi connectivity index (χ0v) is 13.9. The molecule has 1 aromatic carbocycles. The maximum atomic E-state index is 13.0. The summed E-state index contributed by atoms with van der Waals surface area (Å²) in [6, 6.07) is 6.17. The monoisotopic (exact) mass is 322 g/mol. The summed E-state index contributed by atoms with van der Waals surface area (Å²) in [4.78, 5) is 6.67. The Morgan fingerprint density at radius 2 is 2.00 bits per heavy atom. The van der Waals surface area contributed by atoms with Crippen molar-refractivity contribution < 1.29 is 9.13 Å². The van der Waals surface area contributed by atoms with Crippen LogP contribution in [0.4, 0.5) is 4.39 Å². The summed E-state index contributed by atoms with van der Waals surface area (Å²) >= 11 is 0. The molecule has 2 rings (SSSR count). The van der Waals surface area contributed by atoms with Gasteiger partial charge in [-0.15, -0.1) is 0 Å². The Hall–Kier alpha value is -1.82. The number of hydrogen-bond acceptors (Lipinski definition) is 3. The molecule has 1 aliphatic rings. The Morgan fingerprint density at radius 3 is 2.74 bits per heavy atom. The van der Waals surface area contributed by atoms with Crippen LogP contribution in [0.2, 0.25) is 0 Å². The summed E-state index contributed by atoms with van der Waals surface area (Å²) in [5.41, 5.74) is 0. The molecule has 1 fully saturated rings. The van der Waals surface area contributed by atoms with Gasteiger partial charge in [0.1, 0.15) is 18.2 Å². The van der Waals surface area contributed by atoms with Crippen LogP contribution in [-0.2, 0) is 0 Å². The van der Waals surface area contributed by atoms with Crippen molar-refractivity contribution >= 4 is 5.96 Å². The van der Waals surface area contributed by atoms with Gasteiger partial charge >= 0.3 is 0 Å². The molecule has 0 radical (unpaired) electrons. The summed E-state index contributed by atoms with van der Waals surface area (Å²) in [6.45, 7) is 5.39. The Bertz CT molecular complexity index is 489. The molecule has 1 aromatic rings. The van der Waals surface area contributed by atoms with E-state index in [4.69, 9.17) is 4.74 Å². The molecule has 1 saturated heterocycles. The van der Waals surface area contributed by atoms with Gasteiger partial charge in [0, 0.05) is 26.2 Å². The average molecular weight is 322 g/mol. The van der Waals surface area contributed by atoms with Crippen molar-refractivity contribution in [3.63, 3.8) is 0 Å². The van der Waals surface area contributed by atoms with Crippen molar-refractivity contribution in [2.24, 2.45) is 4.99 Å². The molecule has 0 atom stereocenters. The first-order chi connectivity index (χ1) is 11.3. The third-order valence-electron chi connectivity index (χ3n) is 3.85. The molecule has 1 heterocycles. The number of rotatable bonds is 7. The zero-order valence-electron chi connectivity index (χ0n) is 13.9. The molecule has 6 heteroatoms. The van der Waals surface area contributed by atoms with E-state index in [1.807, 2.05) is 0 Å². The highest BCUT2D eigenvalue weighted by atomic mass is 19.1. The van der Waals surface area contributed by atoms with E-state index in [-0.39, 0.29) is 5.82 Å². The fourth-order valence-electron chi connectivity index (χ4n) is 2.63. The largest absolute Gasteiger partial charge is 0.492 e. The molecule has 2 N–H and O–H groups in total. The topological polar surface area (TPSA) is 48.9 Å². The van der Waals surface area contributed by atoms with Crippen LogP contribution in [-0.4, -0.2) is 57.2 Å². The van der Waals surface area contributed by atoms with Crippen molar-refractivity contribution in [2.75, 3.05) is 46.4 Å². The number of likely N-dealkylation sites (tertiary alicyclic amines) is 1. The minimum absolute atomic E-state index is 0.286. The first kappa shape index (κ1) is 17.5. The fourth-order valence-corrected chi connectivity index (χ4v) is 2.63. The first-order valence-corrected chi connectivity index (χ1v) is 8.33.